The lowest BCUT2D eigenvalue weighted by atomic mass is 10.2. The van der Waals surface area contributed by atoms with Crippen molar-refractivity contribution in [1.29, 1.82) is 0 Å². The van der Waals surface area contributed by atoms with Crippen LogP contribution in [-0.2, 0) is 6.54 Å². The monoisotopic (exact) mass is 253 g/mol. The molecule has 0 saturated heterocycles. The first kappa shape index (κ1) is 12.5. The lowest BCUT2D eigenvalue weighted by Gasteiger charge is -2.06. The maximum absolute atomic E-state index is 9.15. The van der Waals surface area contributed by atoms with E-state index in [9.17, 15) is 0 Å². The van der Waals surface area contributed by atoms with Crippen molar-refractivity contribution in [3.63, 3.8) is 0 Å². The smallest absolute Gasteiger partial charge is 0.194 e. The predicted molar refractivity (Wildman–Crippen MR) is 70.4 cm³/mol. The van der Waals surface area contributed by atoms with Crippen LogP contribution in [-0.4, -0.2) is 27.1 Å². The van der Waals surface area contributed by atoms with Crippen molar-refractivity contribution in [1.82, 2.24) is 14.7 Å². The summed E-state index contributed by atoms with van der Waals surface area (Å²) < 4.78 is 2.14. The van der Waals surface area contributed by atoms with Gasteiger partial charge in [-0.25, -0.2) is 4.98 Å². The van der Waals surface area contributed by atoms with E-state index in [0.717, 1.165) is 36.6 Å². The second-order valence-electron chi connectivity index (χ2n) is 4.37. The molecule has 0 aromatic carbocycles. The van der Waals surface area contributed by atoms with Gasteiger partial charge >= 0.3 is 0 Å². The van der Waals surface area contributed by atoms with Crippen molar-refractivity contribution in [2.75, 3.05) is 6.54 Å². The predicted octanol–water partition coefficient (Wildman–Crippen LogP) is 1.95. The lowest BCUT2D eigenvalue weighted by Crippen LogP contribution is -2.17. The number of fused-ring (bicyclic) bond motifs is 1. The van der Waals surface area contributed by atoms with Crippen LogP contribution in [0.4, 0.5) is 0 Å². The number of aromatic nitrogens is 2. The second kappa shape index (κ2) is 5.62. The molecule has 0 bridgehead atoms. The number of rotatable bonds is 6. The van der Waals surface area contributed by atoms with Crippen LogP contribution in [0.15, 0.2) is 11.6 Å². The molecule has 2 aromatic heterocycles. The molecular formula is C12H19N3OS. The first-order valence-electron chi connectivity index (χ1n) is 5.98. The van der Waals surface area contributed by atoms with E-state index in [1.54, 1.807) is 11.3 Å². The minimum absolute atomic E-state index is 0.197. The van der Waals surface area contributed by atoms with Gasteiger partial charge in [0.25, 0.3) is 0 Å². The number of nitrogens with zero attached hydrogens (tertiary/aromatic N) is 2. The number of aryl methyl sites for hydroxylation is 1. The summed E-state index contributed by atoms with van der Waals surface area (Å²) in [6.45, 7) is 5.65. The van der Waals surface area contributed by atoms with Crippen LogP contribution < -0.4 is 5.32 Å². The maximum atomic E-state index is 9.15. The summed E-state index contributed by atoms with van der Waals surface area (Å²) in [6, 6.07) is 0. The third kappa shape index (κ3) is 3.06. The summed E-state index contributed by atoms with van der Waals surface area (Å²) in [7, 11) is 0. The van der Waals surface area contributed by atoms with Gasteiger partial charge in [0.05, 0.1) is 17.5 Å². The third-order valence-electron chi connectivity index (χ3n) is 2.83. The molecule has 5 heteroatoms. The number of hydrogen-bond donors (Lipinski definition) is 2. The normalized spacial score (nSPS) is 13.4. The number of aliphatic hydroxyl groups is 1. The zero-order chi connectivity index (χ0) is 12.3. The largest absolute Gasteiger partial charge is 0.393 e. The van der Waals surface area contributed by atoms with Crippen molar-refractivity contribution < 1.29 is 5.11 Å². The Balaban J connectivity index is 1.86. The van der Waals surface area contributed by atoms with E-state index in [0.29, 0.717) is 0 Å². The minimum atomic E-state index is -0.197. The van der Waals surface area contributed by atoms with Gasteiger partial charge in [0.1, 0.15) is 0 Å². The second-order valence-corrected chi connectivity index (χ2v) is 5.24. The molecular weight excluding hydrogens is 234 g/mol. The molecule has 0 aliphatic carbocycles. The van der Waals surface area contributed by atoms with E-state index >= 15 is 0 Å². The van der Waals surface area contributed by atoms with Crippen LogP contribution in [0.1, 0.15) is 31.2 Å². The molecule has 0 radical (unpaired) electrons. The Morgan fingerprint density at radius 2 is 2.41 bits per heavy atom. The topological polar surface area (TPSA) is 49.6 Å². The molecule has 1 atom stereocenters. The molecule has 0 amide bonds. The fourth-order valence-corrected chi connectivity index (χ4v) is 2.66. The Morgan fingerprint density at radius 3 is 3.18 bits per heavy atom. The molecule has 0 spiro atoms. The van der Waals surface area contributed by atoms with Gasteiger partial charge in [0, 0.05) is 18.1 Å². The number of hydrogen-bond acceptors (Lipinski definition) is 4. The molecule has 0 fully saturated rings. The Hall–Kier alpha value is -0.910. The lowest BCUT2D eigenvalue weighted by molar-refractivity contribution is 0.181. The van der Waals surface area contributed by atoms with Gasteiger partial charge < -0.3 is 10.4 Å². The van der Waals surface area contributed by atoms with Gasteiger partial charge in [-0.1, -0.05) is 0 Å². The summed E-state index contributed by atoms with van der Waals surface area (Å²) in [6.07, 6.45) is 3.72. The van der Waals surface area contributed by atoms with Crippen LogP contribution in [0.25, 0.3) is 4.96 Å². The summed E-state index contributed by atoms with van der Waals surface area (Å²) in [5.41, 5.74) is 2.33. The van der Waals surface area contributed by atoms with Crippen molar-refractivity contribution in [2.45, 2.75) is 39.3 Å². The molecule has 17 heavy (non-hydrogen) atoms. The molecule has 4 nitrogen and oxygen atoms in total. The summed E-state index contributed by atoms with van der Waals surface area (Å²) in [5, 5.41) is 14.6. The third-order valence-corrected chi connectivity index (χ3v) is 3.59. The van der Waals surface area contributed by atoms with Crippen LogP contribution in [0.3, 0.4) is 0 Å². The molecule has 0 aliphatic rings. The van der Waals surface area contributed by atoms with Crippen molar-refractivity contribution in [3.8, 4) is 0 Å². The fourth-order valence-electron chi connectivity index (χ4n) is 1.88. The van der Waals surface area contributed by atoms with E-state index < -0.39 is 0 Å². The quantitative estimate of drug-likeness (QED) is 0.774. The van der Waals surface area contributed by atoms with Crippen molar-refractivity contribution in [2.24, 2.45) is 0 Å². The van der Waals surface area contributed by atoms with Crippen molar-refractivity contribution in [3.05, 3.63) is 23.0 Å². The fraction of sp³-hybridized carbons (Fsp3) is 0.583. The number of nitrogens with one attached hydrogen (secondary N) is 1. The summed E-state index contributed by atoms with van der Waals surface area (Å²) >= 11 is 1.66. The van der Waals surface area contributed by atoms with E-state index in [1.807, 2.05) is 13.8 Å². The SMILES string of the molecule is Cc1nc2sccn2c1CNCCCC(C)O. The Kier molecular flexibility index (Phi) is 4.15. The highest BCUT2D eigenvalue weighted by Gasteiger charge is 2.08. The molecule has 2 N–H and O–H groups in total. The maximum Gasteiger partial charge on any atom is 0.194 e. The van der Waals surface area contributed by atoms with Gasteiger partial charge in [0.15, 0.2) is 4.96 Å². The van der Waals surface area contributed by atoms with E-state index in [2.05, 4.69) is 26.3 Å². The van der Waals surface area contributed by atoms with Gasteiger partial charge in [-0.2, -0.15) is 0 Å². The summed E-state index contributed by atoms with van der Waals surface area (Å²) in [4.78, 5) is 5.56. The first-order valence-corrected chi connectivity index (χ1v) is 6.86. The highest BCUT2D eigenvalue weighted by molar-refractivity contribution is 7.15. The number of aliphatic hydroxyl groups excluding tert-OH is 1. The van der Waals surface area contributed by atoms with Crippen LogP contribution in [0.2, 0.25) is 0 Å². The molecule has 2 heterocycles. The molecule has 0 saturated carbocycles. The highest BCUT2D eigenvalue weighted by Crippen LogP contribution is 2.16. The Morgan fingerprint density at radius 1 is 1.59 bits per heavy atom. The van der Waals surface area contributed by atoms with Crippen LogP contribution >= 0.6 is 11.3 Å². The molecule has 2 rings (SSSR count). The number of thiazole rings is 1. The number of imidazole rings is 1. The Labute approximate surface area is 105 Å². The molecule has 94 valence electrons. The Bertz CT molecular complexity index is 475. The van der Waals surface area contributed by atoms with Gasteiger partial charge in [-0.15, -0.1) is 11.3 Å². The standard InChI is InChI=1S/C12H19N3OS/c1-9(16)4-3-5-13-8-11-10(2)14-12-15(11)6-7-17-12/h6-7,9,13,16H,3-5,8H2,1-2H3. The van der Waals surface area contributed by atoms with Crippen LogP contribution in [0.5, 0.6) is 0 Å². The van der Waals surface area contributed by atoms with Gasteiger partial charge in [-0.3, -0.25) is 4.40 Å². The zero-order valence-electron chi connectivity index (χ0n) is 10.3. The van der Waals surface area contributed by atoms with Gasteiger partial charge in [-0.05, 0) is 33.2 Å². The minimum Gasteiger partial charge on any atom is -0.393 e. The highest BCUT2D eigenvalue weighted by atomic mass is 32.1. The average Bonchev–Trinajstić information content (AvgIpc) is 2.80. The molecule has 2 aromatic rings. The van der Waals surface area contributed by atoms with E-state index in [-0.39, 0.29) is 6.10 Å². The zero-order valence-corrected chi connectivity index (χ0v) is 11.1. The van der Waals surface area contributed by atoms with Crippen LogP contribution in [0, 0.1) is 6.92 Å². The first-order chi connectivity index (χ1) is 8.18. The summed E-state index contributed by atoms with van der Waals surface area (Å²) in [5.74, 6) is 0. The van der Waals surface area contributed by atoms with Crippen molar-refractivity contribution >= 4 is 16.3 Å². The van der Waals surface area contributed by atoms with E-state index in [1.165, 1.54) is 5.69 Å². The average molecular weight is 253 g/mol. The van der Waals surface area contributed by atoms with Gasteiger partial charge in [0.2, 0.25) is 0 Å². The molecule has 1 unspecified atom stereocenters. The van der Waals surface area contributed by atoms with E-state index in [4.69, 9.17) is 5.11 Å². The molecule has 0 aliphatic heterocycles.